The van der Waals surface area contributed by atoms with Gasteiger partial charge in [0, 0.05) is 134 Å². The van der Waals surface area contributed by atoms with E-state index in [9.17, 15) is 0 Å². The van der Waals surface area contributed by atoms with Crippen molar-refractivity contribution in [1.82, 2.24) is 53.2 Å². The van der Waals surface area contributed by atoms with Crippen molar-refractivity contribution in [3.8, 4) is 91.1 Å². The van der Waals surface area contributed by atoms with E-state index in [0.717, 1.165) is 214 Å². The van der Waals surface area contributed by atoms with Gasteiger partial charge in [-0.15, -0.1) is 11.3 Å². The Morgan fingerprint density at radius 1 is 0.226 bits per heavy atom. The number of benzene rings is 18. The summed E-state index contributed by atoms with van der Waals surface area (Å²) in [5.74, 6) is 2.83. The zero-order valence-corrected chi connectivity index (χ0v) is 66.9. The van der Waals surface area contributed by atoms with Crippen LogP contribution in [0, 0.1) is 0 Å². The normalized spacial score (nSPS) is 12.2. The lowest BCUT2D eigenvalue weighted by molar-refractivity contribution is 0.673. The van der Waals surface area contributed by atoms with Crippen LogP contribution in [-0.2, 0) is 0 Å². The molecule has 0 atom stereocenters. The first-order valence-electron chi connectivity index (χ1n) is 41.8. The molecule has 12 nitrogen and oxygen atoms in total. The van der Waals surface area contributed by atoms with Crippen molar-refractivity contribution in [2.24, 2.45) is 0 Å². The number of para-hydroxylation sites is 7. The highest BCUT2D eigenvalue weighted by Crippen LogP contribution is 2.53. The number of furan rings is 1. The number of fused-ring (bicyclic) bond motifs is 29. The number of thiophene rings is 1. The molecule has 0 saturated carbocycles. The highest BCUT2D eigenvalue weighted by Gasteiger charge is 2.31. The smallest absolute Gasteiger partial charge is 0.238 e. The molecule has 27 aromatic rings. The molecule has 18 aromatic carbocycles. The lowest BCUT2D eigenvalue weighted by Crippen LogP contribution is -2.07. The van der Waals surface area contributed by atoms with Crippen molar-refractivity contribution in [3.63, 3.8) is 0 Å². The van der Waals surface area contributed by atoms with Crippen molar-refractivity contribution in [1.29, 1.82) is 0 Å². The summed E-state index contributed by atoms with van der Waals surface area (Å²) in [7, 11) is 0. The zero-order valence-electron chi connectivity index (χ0n) is 66.1. The van der Waals surface area contributed by atoms with Crippen LogP contribution in [0.4, 0.5) is 0 Å². The van der Waals surface area contributed by atoms with Gasteiger partial charge in [0.15, 0.2) is 11.6 Å². The topological polar surface area (TPSA) is 123 Å². The van der Waals surface area contributed by atoms with Gasteiger partial charge in [0.05, 0.1) is 66.6 Å². The first-order chi connectivity index (χ1) is 61.5. The fraction of sp³-hybridized carbons (Fsp3) is 0. The number of hydrogen-bond acceptors (Lipinski definition) is 9. The molecule has 27 rings (SSSR count). The van der Waals surface area contributed by atoms with E-state index in [1.54, 1.807) is 0 Å². The first kappa shape index (κ1) is 68.3. The minimum absolute atomic E-state index is 0.530. The molecule has 9 heterocycles. The SMILES string of the molecule is c1ccc(-c2nc(-c3ccc(-c4ccc5c(c4)sc4c6ccccc6c6c(c7ccc(-c8cccc9c8c8oc%10ccccc%10c8c8c%10ccccc%10n(-c%10nc(-c%11ccccc%11)c%11ccccc%11n%10)c98)cc7n6-c6nc(-c7ccccc7)c7ccccc7n6)c54)cc3)nc(-n3c4ccccc4c4ccc5c6ccccc6n(-c6ccccc6)c5c43)n2)cc1. The van der Waals surface area contributed by atoms with Gasteiger partial charge in [-0.2, -0.15) is 9.97 Å². The third kappa shape index (κ3) is 9.97. The van der Waals surface area contributed by atoms with Gasteiger partial charge in [0.25, 0.3) is 0 Å². The lowest BCUT2D eigenvalue weighted by atomic mass is 9.93. The molecular weight excluding hydrogens is 1540 g/mol. The minimum Gasteiger partial charge on any atom is -0.455 e. The Morgan fingerprint density at radius 2 is 0.653 bits per heavy atom. The molecule has 0 unspecified atom stereocenters. The van der Waals surface area contributed by atoms with Crippen molar-refractivity contribution in [2.45, 2.75) is 0 Å². The quantitative estimate of drug-likeness (QED) is 0.133. The van der Waals surface area contributed by atoms with E-state index in [1.165, 1.54) is 20.2 Å². The van der Waals surface area contributed by atoms with Gasteiger partial charge < -0.3 is 8.98 Å². The van der Waals surface area contributed by atoms with Gasteiger partial charge >= 0.3 is 0 Å². The molecule has 0 bridgehead atoms. The van der Waals surface area contributed by atoms with E-state index in [0.29, 0.717) is 29.5 Å². The van der Waals surface area contributed by atoms with Crippen molar-refractivity contribution in [2.75, 3.05) is 0 Å². The molecule has 574 valence electrons. The third-order valence-electron chi connectivity index (χ3n) is 25.4. The van der Waals surface area contributed by atoms with Crippen molar-refractivity contribution < 1.29 is 4.42 Å². The molecule has 0 saturated heterocycles. The third-order valence-corrected chi connectivity index (χ3v) is 26.6. The average Bonchev–Trinajstić information content (AvgIpc) is 1.54. The predicted octanol–water partition coefficient (Wildman–Crippen LogP) is 28.7. The van der Waals surface area contributed by atoms with Gasteiger partial charge in [0.2, 0.25) is 17.8 Å². The molecule has 9 aromatic heterocycles. The summed E-state index contributed by atoms with van der Waals surface area (Å²) in [4.78, 5) is 38.9. The molecule has 0 radical (unpaired) electrons. The van der Waals surface area contributed by atoms with Crippen LogP contribution >= 0.6 is 11.3 Å². The molecule has 13 heteroatoms. The Hall–Kier alpha value is -16.6. The fourth-order valence-electron chi connectivity index (χ4n) is 20.1. The van der Waals surface area contributed by atoms with Crippen LogP contribution in [-0.4, -0.2) is 53.2 Å². The van der Waals surface area contributed by atoms with Crippen LogP contribution in [0.2, 0.25) is 0 Å². The largest absolute Gasteiger partial charge is 0.455 e. The van der Waals surface area contributed by atoms with E-state index in [4.69, 9.17) is 39.3 Å². The summed E-state index contributed by atoms with van der Waals surface area (Å²) in [5.41, 5.74) is 22.2. The van der Waals surface area contributed by atoms with Gasteiger partial charge in [-0.1, -0.05) is 322 Å². The molecule has 0 amide bonds. The maximum atomic E-state index is 7.36. The van der Waals surface area contributed by atoms with Crippen LogP contribution in [0.25, 0.3) is 264 Å². The van der Waals surface area contributed by atoms with E-state index in [-0.39, 0.29) is 0 Å². The number of nitrogens with zero attached hydrogens (tertiary/aromatic N) is 11. The number of rotatable bonds is 10. The summed E-state index contributed by atoms with van der Waals surface area (Å²) >= 11 is 1.85. The summed E-state index contributed by atoms with van der Waals surface area (Å²) in [6.07, 6.45) is 0. The predicted molar refractivity (Wildman–Crippen MR) is 511 cm³/mol. The van der Waals surface area contributed by atoms with Crippen LogP contribution in [0.1, 0.15) is 0 Å². The van der Waals surface area contributed by atoms with Crippen molar-refractivity contribution >= 4 is 184 Å². The molecule has 124 heavy (non-hydrogen) atoms. The minimum atomic E-state index is 0.530. The maximum absolute atomic E-state index is 7.36. The second-order valence-corrected chi connectivity index (χ2v) is 33.1. The monoisotopic (exact) mass is 1600 g/mol. The molecule has 0 fully saturated rings. The van der Waals surface area contributed by atoms with Crippen LogP contribution in [0.3, 0.4) is 0 Å². The maximum Gasteiger partial charge on any atom is 0.238 e. The molecule has 0 N–H and O–H groups in total. The zero-order chi connectivity index (χ0) is 80.9. The van der Waals surface area contributed by atoms with Gasteiger partial charge in [0.1, 0.15) is 11.2 Å². The Bertz CT molecular complexity index is 9250. The molecule has 0 spiro atoms. The summed E-state index contributed by atoms with van der Waals surface area (Å²) in [5, 5.41) is 19.5. The Kier molecular flexibility index (Phi) is 14.6. The molecule has 0 aliphatic carbocycles. The summed E-state index contributed by atoms with van der Waals surface area (Å²) in [6.45, 7) is 0. The van der Waals surface area contributed by atoms with Gasteiger partial charge in [-0.3, -0.25) is 13.7 Å². The van der Waals surface area contributed by atoms with Crippen LogP contribution in [0.15, 0.2) is 387 Å². The lowest BCUT2D eigenvalue weighted by Gasteiger charge is -2.15. The fourth-order valence-corrected chi connectivity index (χ4v) is 21.4. The highest BCUT2D eigenvalue weighted by molar-refractivity contribution is 7.27. The Morgan fingerprint density at radius 3 is 1.31 bits per heavy atom. The summed E-state index contributed by atoms with van der Waals surface area (Å²) < 4.78 is 19.0. The highest BCUT2D eigenvalue weighted by atomic mass is 32.1. The summed E-state index contributed by atoms with van der Waals surface area (Å²) in [6, 6.07) is 136. The Labute approximate surface area is 710 Å². The van der Waals surface area contributed by atoms with Crippen molar-refractivity contribution in [3.05, 3.63) is 382 Å². The molecule has 0 aliphatic rings. The molecular formula is C111H63N11OS. The van der Waals surface area contributed by atoms with Gasteiger partial charge in [-0.25, -0.2) is 24.9 Å². The first-order valence-corrected chi connectivity index (χ1v) is 42.6. The van der Waals surface area contributed by atoms with E-state index < -0.39 is 0 Å². The second-order valence-electron chi connectivity index (χ2n) is 32.1. The standard InChI is InChI=1S/C111H63N11OS/c1-5-28-65(29-6-1)99-79-40-15-21-46-86(79)112-109(114-99)120-90-50-25-19-42-81(90)95-97-83-43-20-26-51-92(83)123-105(97)94-72(44-27-45-85(94)102(95)120)70-57-58-82-91(62-70)122(110-113-87-47-22-16-41-80(87)100(115-110)66-30-7-2-8-31-66)101-75-38-13-14-39-78(75)106-98(96(82)101)84-59-56-69(63-93(84)124-106)64-52-54-68(55-53-64)108-116-107(67-32-9-3-10-33-67)117-111(118-108)121-89-49-24-18-37-74(89)77-61-60-76-73-36-17-23-48-88(73)119(103(76)104(77)121)71-34-11-4-12-35-71/h1-63H. The number of aromatic nitrogens is 11. The Balaban J connectivity index is 0.663. The van der Waals surface area contributed by atoms with Gasteiger partial charge in [-0.05, 0) is 82.9 Å². The van der Waals surface area contributed by atoms with E-state index in [1.807, 2.05) is 29.5 Å². The second kappa shape index (κ2) is 26.4. The molecule has 0 aliphatic heterocycles. The van der Waals surface area contributed by atoms with Crippen LogP contribution < -0.4 is 0 Å². The van der Waals surface area contributed by atoms with Crippen LogP contribution in [0.5, 0.6) is 0 Å². The van der Waals surface area contributed by atoms with E-state index in [2.05, 4.69) is 382 Å². The average molecular weight is 1600 g/mol. The number of hydrogen-bond donors (Lipinski definition) is 0. The van der Waals surface area contributed by atoms with E-state index >= 15 is 0 Å².